The van der Waals surface area contributed by atoms with E-state index in [-0.39, 0.29) is 32.3 Å². The van der Waals surface area contributed by atoms with Gasteiger partial charge in [-0.05, 0) is 12.8 Å². The summed E-state index contributed by atoms with van der Waals surface area (Å²) in [5.74, 6) is 0.596. The lowest BCUT2D eigenvalue weighted by Crippen LogP contribution is -2.53. The van der Waals surface area contributed by atoms with Crippen LogP contribution in [0.15, 0.2) is 12.4 Å². The summed E-state index contributed by atoms with van der Waals surface area (Å²) in [6.45, 7) is -0.271. The van der Waals surface area contributed by atoms with Crippen LogP contribution in [0.1, 0.15) is 12.8 Å². The molecule has 1 unspecified atom stereocenters. The fraction of sp³-hybridized carbons (Fsp3) is 0.667. The van der Waals surface area contributed by atoms with E-state index in [1.165, 1.54) is 6.33 Å². The van der Waals surface area contributed by atoms with Gasteiger partial charge >= 0.3 is 6.18 Å². The third kappa shape index (κ3) is 4.12. The number of anilines is 2. The third-order valence-electron chi connectivity index (χ3n) is 4.53. The number of nitrogens with zero attached hydrogens (tertiary/aromatic N) is 5. The number of piperazine rings is 1. The van der Waals surface area contributed by atoms with Gasteiger partial charge in [0.15, 0.2) is 0 Å². The van der Waals surface area contributed by atoms with Gasteiger partial charge in [0, 0.05) is 25.7 Å². The highest BCUT2D eigenvalue weighted by molar-refractivity contribution is 5.82. The van der Waals surface area contributed by atoms with Gasteiger partial charge in [0.05, 0.1) is 19.2 Å². The van der Waals surface area contributed by atoms with Gasteiger partial charge < -0.3 is 19.8 Å². The number of halogens is 3. The molecule has 3 rings (SSSR count). The molecule has 1 N–H and O–H groups in total. The van der Waals surface area contributed by atoms with E-state index in [0.29, 0.717) is 11.6 Å². The van der Waals surface area contributed by atoms with E-state index < -0.39 is 18.6 Å². The van der Waals surface area contributed by atoms with Crippen LogP contribution in [0.5, 0.6) is 0 Å². The van der Waals surface area contributed by atoms with Crippen LogP contribution in [0.25, 0.3) is 0 Å². The van der Waals surface area contributed by atoms with Gasteiger partial charge in [0.25, 0.3) is 0 Å². The van der Waals surface area contributed by atoms with Crippen molar-refractivity contribution in [3.05, 3.63) is 12.4 Å². The Morgan fingerprint density at radius 2 is 1.96 bits per heavy atom. The Hall–Kier alpha value is -2.10. The number of amides is 1. The first-order chi connectivity index (χ1) is 11.9. The maximum atomic E-state index is 12.5. The zero-order valence-corrected chi connectivity index (χ0v) is 13.6. The van der Waals surface area contributed by atoms with Crippen molar-refractivity contribution in [3.8, 4) is 0 Å². The highest BCUT2D eigenvalue weighted by atomic mass is 19.4. The van der Waals surface area contributed by atoms with Crippen LogP contribution in [0.2, 0.25) is 0 Å². The third-order valence-corrected chi connectivity index (χ3v) is 4.53. The molecule has 1 aromatic heterocycles. The molecule has 138 valence electrons. The van der Waals surface area contributed by atoms with Gasteiger partial charge in [-0.15, -0.1) is 0 Å². The molecule has 1 amide bonds. The predicted molar refractivity (Wildman–Crippen MR) is 84.3 cm³/mol. The summed E-state index contributed by atoms with van der Waals surface area (Å²) in [6.07, 6.45) is -1.18. The number of alkyl halides is 3. The van der Waals surface area contributed by atoms with E-state index in [9.17, 15) is 23.1 Å². The molecular formula is C15H20F3N5O2. The first-order valence-electron chi connectivity index (χ1n) is 8.16. The average Bonchev–Trinajstić information content (AvgIpc) is 3.04. The molecule has 2 fully saturated rings. The monoisotopic (exact) mass is 359 g/mol. The second-order valence-corrected chi connectivity index (χ2v) is 6.26. The number of aliphatic hydroxyl groups excluding tert-OH is 1. The molecule has 0 aromatic carbocycles. The van der Waals surface area contributed by atoms with Crippen molar-refractivity contribution < 1.29 is 23.1 Å². The van der Waals surface area contributed by atoms with E-state index in [4.69, 9.17) is 0 Å². The Bertz CT molecular complexity index is 627. The Kier molecular flexibility index (Phi) is 4.98. The van der Waals surface area contributed by atoms with Gasteiger partial charge in [-0.2, -0.15) is 13.2 Å². The summed E-state index contributed by atoms with van der Waals surface area (Å²) in [6, 6.07) is 1.73. The van der Waals surface area contributed by atoms with E-state index >= 15 is 0 Å². The number of carbonyl (C=O) groups is 1. The molecule has 10 heteroatoms. The van der Waals surface area contributed by atoms with Crippen molar-refractivity contribution >= 4 is 17.5 Å². The highest BCUT2D eigenvalue weighted by Gasteiger charge is 2.35. The molecule has 0 spiro atoms. The maximum absolute atomic E-state index is 12.5. The van der Waals surface area contributed by atoms with Crippen LogP contribution in [0, 0.1) is 0 Å². The van der Waals surface area contributed by atoms with E-state index in [0.717, 1.165) is 24.3 Å². The maximum Gasteiger partial charge on any atom is 0.406 e. The molecule has 3 heterocycles. The minimum Gasteiger partial charge on any atom is -0.394 e. The fourth-order valence-corrected chi connectivity index (χ4v) is 3.28. The van der Waals surface area contributed by atoms with Crippen LogP contribution in [0.4, 0.5) is 24.8 Å². The van der Waals surface area contributed by atoms with Gasteiger partial charge in [0.2, 0.25) is 5.91 Å². The van der Waals surface area contributed by atoms with E-state index in [2.05, 4.69) is 9.97 Å². The molecule has 0 radical (unpaired) electrons. The van der Waals surface area contributed by atoms with Gasteiger partial charge in [0.1, 0.15) is 24.5 Å². The average molecular weight is 359 g/mol. The van der Waals surface area contributed by atoms with Crippen LogP contribution in [-0.4, -0.2) is 77.4 Å². The summed E-state index contributed by atoms with van der Waals surface area (Å²) in [5, 5.41) is 9.43. The fourth-order valence-electron chi connectivity index (χ4n) is 3.28. The molecule has 2 saturated heterocycles. The van der Waals surface area contributed by atoms with Gasteiger partial charge in [-0.1, -0.05) is 0 Å². The summed E-state index contributed by atoms with van der Waals surface area (Å²) in [7, 11) is 0. The van der Waals surface area contributed by atoms with E-state index in [1.54, 1.807) is 11.0 Å². The Morgan fingerprint density at radius 1 is 1.20 bits per heavy atom. The van der Waals surface area contributed by atoms with Crippen LogP contribution >= 0.6 is 0 Å². The smallest absolute Gasteiger partial charge is 0.394 e. The number of aromatic nitrogens is 2. The van der Waals surface area contributed by atoms with Gasteiger partial charge in [-0.25, -0.2) is 9.97 Å². The summed E-state index contributed by atoms with van der Waals surface area (Å²) >= 11 is 0. The van der Waals surface area contributed by atoms with Crippen LogP contribution < -0.4 is 9.80 Å². The standard InChI is InChI=1S/C15H20F3N5O2/c16-15(17,18)9-22-5-4-21(7-14(22)25)12-6-13(20-10-19-12)23-3-1-2-11(23)8-24/h6,10-11,24H,1-5,7-9H2. The number of carbonyl (C=O) groups excluding carboxylic acids is 1. The van der Waals surface area contributed by atoms with Crippen molar-refractivity contribution in [2.24, 2.45) is 0 Å². The van der Waals surface area contributed by atoms with Crippen LogP contribution in [0.3, 0.4) is 0 Å². The molecule has 1 aromatic rings. The SMILES string of the molecule is O=C1CN(c2cc(N3CCCC3CO)ncn2)CCN1CC(F)(F)F. The molecule has 1 atom stereocenters. The zero-order chi connectivity index (χ0) is 18.0. The number of aliphatic hydroxyl groups is 1. The summed E-state index contributed by atoms with van der Waals surface area (Å²) in [4.78, 5) is 24.8. The minimum absolute atomic E-state index is 0.000654. The molecule has 0 aliphatic carbocycles. The quantitative estimate of drug-likeness (QED) is 0.851. The number of hydrogen-bond donors (Lipinski definition) is 1. The van der Waals surface area contributed by atoms with Crippen molar-refractivity contribution in [3.63, 3.8) is 0 Å². The van der Waals surface area contributed by atoms with Crippen molar-refractivity contribution in [1.82, 2.24) is 14.9 Å². The second kappa shape index (κ2) is 7.03. The molecule has 0 saturated carbocycles. The molecule has 0 bridgehead atoms. The predicted octanol–water partition coefficient (Wildman–Crippen LogP) is 0.649. The Balaban J connectivity index is 1.69. The van der Waals surface area contributed by atoms with Gasteiger partial charge in [-0.3, -0.25) is 4.79 Å². The Labute approximate surface area is 143 Å². The van der Waals surface area contributed by atoms with Crippen LogP contribution in [-0.2, 0) is 4.79 Å². The first-order valence-corrected chi connectivity index (χ1v) is 8.16. The lowest BCUT2D eigenvalue weighted by atomic mass is 10.2. The number of hydrogen-bond acceptors (Lipinski definition) is 6. The molecule has 2 aliphatic heterocycles. The molecule has 2 aliphatic rings. The lowest BCUT2D eigenvalue weighted by molar-refractivity contribution is -0.161. The normalized spacial score (nSPS) is 22.0. The first kappa shape index (κ1) is 17.7. The second-order valence-electron chi connectivity index (χ2n) is 6.26. The number of rotatable bonds is 4. The molecule has 25 heavy (non-hydrogen) atoms. The molecule has 7 nitrogen and oxygen atoms in total. The largest absolute Gasteiger partial charge is 0.406 e. The summed E-state index contributed by atoms with van der Waals surface area (Å²) in [5.41, 5.74) is 0. The lowest BCUT2D eigenvalue weighted by Gasteiger charge is -2.35. The van der Waals surface area contributed by atoms with E-state index in [1.807, 2.05) is 4.90 Å². The van der Waals surface area contributed by atoms with Crippen molar-refractivity contribution in [2.45, 2.75) is 25.1 Å². The Morgan fingerprint density at radius 3 is 2.64 bits per heavy atom. The zero-order valence-electron chi connectivity index (χ0n) is 13.6. The van der Waals surface area contributed by atoms with Crippen molar-refractivity contribution in [2.75, 3.05) is 49.1 Å². The summed E-state index contributed by atoms with van der Waals surface area (Å²) < 4.78 is 37.4. The van der Waals surface area contributed by atoms with Crippen molar-refractivity contribution in [1.29, 1.82) is 0 Å². The molecular weight excluding hydrogens is 339 g/mol. The topological polar surface area (TPSA) is 72.8 Å². The highest BCUT2D eigenvalue weighted by Crippen LogP contribution is 2.26. The minimum atomic E-state index is -4.39.